The highest BCUT2D eigenvalue weighted by molar-refractivity contribution is 6.42. The number of imide groups is 1. The van der Waals surface area contributed by atoms with Gasteiger partial charge in [0.2, 0.25) is 11.8 Å². The molecule has 3 unspecified atom stereocenters. The quantitative estimate of drug-likeness (QED) is 0.505. The van der Waals surface area contributed by atoms with Crippen molar-refractivity contribution in [1.82, 2.24) is 10.2 Å². The number of carbonyl (C=O) groups excluding carboxylic acids is 3. The van der Waals surface area contributed by atoms with Crippen molar-refractivity contribution in [2.24, 2.45) is 11.8 Å². The number of hydrogen-bond donors (Lipinski definition) is 1. The number of benzene rings is 2. The van der Waals surface area contributed by atoms with Gasteiger partial charge in [-0.05, 0) is 43.2 Å². The molecule has 33 heavy (non-hydrogen) atoms. The molecule has 7 nitrogen and oxygen atoms in total. The monoisotopic (exact) mass is 490 g/mol. The lowest BCUT2D eigenvalue weighted by atomic mass is 9.80. The van der Waals surface area contributed by atoms with E-state index in [0.717, 1.165) is 16.7 Å². The van der Waals surface area contributed by atoms with E-state index in [1.165, 1.54) is 12.0 Å². The van der Waals surface area contributed by atoms with E-state index in [-0.39, 0.29) is 18.4 Å². The van der Waals surface area contributed by atoms with Crippen LogP contribution >= 0.6 is 23.2 Å². The maximum Gasteiger partial charge on any atom is 0.326 e. The summed E-state index contributed by atoms with van der Waals surface area (Å²) >= 11 is 12.2. The molecule has 4 atom stereocenters. The third-order valence-corrected chi connectivity index (χ3v) is 7.36. The molecule has 4 rings (SSSR count). The molecule has 2 aliphatic heterocycles. The van der Waals surface area contributed by atoms with Crippen LogP contribution in [0.3, 0.4) is 0 Å². The van der Waals surface area contributed by atoms with Gasteiger partial charge < -0.3 is 9.47 Å². The second kappa shape index (κ2) is 8.63. The summed E-state index contributed by atoms with van der Waals surface area (Å²) in [5, 5.41) is 4.10. The normalized spacial score (nSPS) is 26.5. The Bertz CT molecular complexity index is 1150. The van der Waals surface area contributed by atoms with Gasteiger partial charge in [-0.3, -0.25) is 24.6 Å². The maximum absolute atomic E-state index is 13.2. The average molecular weight is 491 g/mol. The van der Waals surface area contributed by atoms with Crippen LogP contribution < -0.4 is 10.1 Å². The Hall–Kier alpha value is -2.61. The van der Waals surface area contributed by atoms with Crippen molar-refractivity contribution >= 4 is 41.0 Å². The molecule has 0 saturated carbocycles. The van der Waals surface area contributed by atoms with Crippen LogP contribution in [0.25, 0.3) is 11.1 Å². The molecule has 2 amide bonds. The van der Waals surface area contributed by atoms with Crippen LogP contribution in [0.15, 0.2) is 36.4 Å². The molecule has 0 aliphatic carbocycles. The third-order valence-electron chi connectivity index (χ3n) is 6.62. The summed E-state index contributed by atoms with van der Waals surface area (Å²) in [6.45, 7) is 3.60. The van der Waals surface area contributed by atoms with Crippen molar-refractivity contribution in [2.75, 3.05) is 20.8 Å². The summed E-state index contributed by atoms with van der Waals surface area (Å²) in [4.78, 5) is 40.2. The van der Waals surface area contributed by atoms with E-state index >= 15 is 0 Å². The molecule has 2 aliphatic rings. The van der Waals surface area contributed by atoms with Gasteiger partial charge >= 0.3 is 5.97 Å². The van der Waals surface area contributed by atoms with Crippen molar-refractivity contribution < 1.29 is 23.9 Å². The van der Waals surface area contributed by atoms with Crippen molar-refractivity contribution in [2.45, 2.75) is 25.4 Å². The Labute approximate surface area is 201 Å². The van der Waals surface area contributed by atoms with E-state index in [0.29, 0.717) is 15.8 Å². The van der Waals surface area contributed by atoms with Crippen LogP contribution in [0, 0.1) is 11.8 Å². The molecule has 2 aromatic rings. The van der Waals surface area contributed by atoms with E-state index in [1.807, 2.05) is 24.3 Å². The summed E-state index contributed by atoms with van der Waals surface area (Å²) in [5.74, 6) is -2.29. The van der Waals surface area contributed by atoms with Crippen LogP contribution in [0.4, 0.5) is 0 Å². The number of carbonyl (C=O) groups is 3. The summed E-state index contributed by atoms with van der Waals surface area (Å²) in [6, 6.07) is 10.2. The minimum absolute atomic E-state index is 0.244. The van der Waals surface area contributed by atoms with E-state index in [9.17, 15) is 14.4 Å². The summed E-state index contributed by atoms with van der Waals surface area (Å²) in [6.07, 6.45) is 0. The molecule has 2 aromatic carbocycles. The second-order valence-electron chi connectivity index (χ2n) is 8.33. The van der Waals surface area contributed by atoms with Gasteiger partial charge in [-0.25, -0.2) is 0 Å². The zero-order valence-corrected chi connectivity index (χ0v) is 20.2. The number of likely N-dealkylation sites (tertiary alicyclic amines) is 1. The van der Waals surface area contributed by atoms with Crippen LogP contribution in [-0.2, 0) is 19.1 Å². The summed E-state index contributed by atoms with van der Waals surface area (Å²) in [7, 11) is 2.82. The van der Waals surface area contributed by atoms with Gasteiger partial charge in [0.05, 0.1) is 36.1 Å². The molecule has 9 heteroatoms. The van der Waals surface area contributed by atoms with Gasteiger partial charge in [-0.1, -0.05) is 41.4 Å². The fourth-order valence-corrected chi connectivity index (χ4v) is 5.30. The number of amides is 2. The largest absolute Gasteiger partial charge is 0.496 e. The highest BCUT2D eigenvalue weighted by atomic mass is 35.5. The fraction of sp³-hybridized carbons (Fsp3) is 0.375. The molecule has 2 fully saturated rings. The third kappa shape index (κ3) is 3.59. The minimum Gasteiger partial charge on any atom is -0.496 e. The molecular formula is C24H24Cl2N2O5. The molecule has 1 N–H and O–H groups in total. The summed E-state index contributed by atoms with van der Waals surface area (Å²) in [5.41, 5.74) is 0.983. The van der Waals surface area contributed by atoms with Gasteiger partial charge in [0, 0.05) is 18.2 Å². The van der Waals surface area contributed by atoms with Crippen LogP contribution in [-0.4, -0.2) is 49.0 Å². The first kappa shape index (κ1) is 23.5. The number of ether oxygens (including phenoxy) is 2. The van der Waals surface area contributed by atoms with E-state index in [4.69, 9.17) is 32.7 Å². The first-order valence-electron chi connectivity index (χ1n) is 10.5. The molecule has 0 bridgehead atoms. The lowest BCUT2D eigenvalue weighted by Gasteiger charge is -2.28. The first-order chi connectivity index (χ1) is 15.7. The van der Waals surface area contributed by atoms with E-state index in [2.05, 4.69) is 5.32 Å². The number of nitrogens with one attached hydrogen (secondary N) is 1. The minimum atomic E-state index is -1.34. The average Bonchev–Trinajstić information content (AvgIpc) is 3.27. The molecule has 2 saturated heterocycles. The predicted molar refractivity (Wildman–Crippen MR) is 124 cm³/mol. The summed E-state index contributed by atoms with van der Waals surface area (Å²) < 4.78 is 10.6. The Morgan fingerprint density at radius 2 is 1.82 bits per heavy atom. The zero-order valence-electron chi connectivity index (χ0n) is 18.6. The van der Waals surface area contributed by atoms with Crippen LogP contribution in [0.5, 0.6) is 5.75 Å². The van der Waals surface area contributed by atoms with Gasteiger partial charge in [0.1, 0.15) is 11.3 Å². The molecule has 0 radical (unpaired) electrons. The van der Waals surface area contributed by atoms with Gasteiger partial charge in [-0.2, -0.15) is 0 Å². The number of rotatable bonds is 5. The SMILES string of the molecule is CCN1C(=O)C2C(c3ccc(-c4ccc(Cl)c(Cl)c4)c(OC)c3)N[C@@](C)(C(=O)OC)C2C1=O. The maximum atomic E-state index is 13.2. The van der Waals surface area contributed by atoms with Crippen LogP contribution in [0.2, 0.25) is 10.0 Å². The highest BCUT2D eigenvalue weighted by Gasteiger charge is 2.66. The molecular weight excluding hydrogens is 467 g/mol. The Kier molecular flexibility index (Phi) is 6.16. The smallest absolute Gasteiger partial charge is 0.326 e. The van der Waals surface area contributed by atoms with Crippen molar-refractivity contribution in [3.63, 3.8) is 0 Å². The highest BCUT2D eigenvalue weighted by Crippen LogP contribution is 2.49. The fourth-order valence-electron chi connectivity index (χ4n) is 5.00. The number of hydrogen-bond acceptors (Lipinski definition) is 6. The standard InChI is InChI=1S/C24H24Cl2N2O5/c1-5-28-21(29)18-19(22(28)30)24(2,23(31)33-4)27-20(18)13-6-8-14(17(11-13)32-3)12-7-9-15(25)16(26)10-12/h6-11,18-20,27H,5H2,1-4H3/t18?,19?,20?,24-/m1/s1. The van der Waals surface area contributed by atoms with Crippen LogP contribution in [0.1, 0.15) is 25.5 Å². The van der Waals surface area contributed by atoms with Gasteiger partial charge in [-0.15, -0.1) is 0 Å². The van der Waals surface area contributed by atoms with Crippen molar-refractivity contribution in [3.05, 3.63) is 52.0 Å². The number of halogens is 2. The van der Waals surface area contributed by atoms with Crippen molar-refractivity contribution in [3.8, 4) is 16.9 Å². The zero-order chi connectivity index (χ0) is 24.1. The Morgan fingerprint density at radius 3 is 2.42 bits per heavy atom. The number of methoxy groups -OCH3 is 2. The van der Waals surface area contributed by atoms with Gasteiger partial charge in [0.15, 0.2) is 0 Å². The second-order valence-corrected chi connectivity index (χ2v) is 9.14. The van der Waals surface area contributed by atoms with Crippen molar-refractivity contribution in [1.29, 1.82) is 0 Å². The lowest BCUT2D eigenvalue weighted by molar-refractivity contribution is -0.153. The predicted octanol–water partition coefficient (Wildman–Crippen LogP) is 3.87. The topological polar surface area (TPSA) is 84.9 Å². The first-order valence-corrected chi connectivity index (χ1v) is 11.3. The van der Waals surface area contributed by atoms with Gasteiger partial charge in [0.25, 0.3) is 0 Å². The molecule has 0 spiro atoms. The Morgan fingerprint density at radius 1 is 1.09 bits per heavy atom. The molecule has 174 valence electrons. The lowest BCUT2D eigenvalue weighted by Crippen LogP contribution is -2.53. The Balaban J connectivity index is 1.79. The number of nitrogens with zero attached hydrogens (tertiary/aromatic N) is 1. The number of esters is 1. The van der Waals surface area contributed by atoms with E-state index < -0.39 is 29.4 Å². The number of fused-ring (bicyclic) bond motifs is 1. The molecule has 2 heterocycles. The van der Waals surface area contributed by atoms with E-state index in [1.54, 1.807) is 33.1 Å². The molecule has 0 aromatic heterocycles.